The number of halogens is 1. The Balaban J connectivity index is 1.73. The normalized spacial score (nSPS) is 18.9. The highest BCUT2D eigenvalue weighted by molar-refractivity contribution is 6.30. The number of dihydropyridines is 1. The Morgan fingerprint density at radius 2 is 1.83 bits per heavy atom. The maximum Gasteiger partial charge on any atom is 0.336 e. The fourth-order valence-electron chi connectivity index (χ4n) is 4.97. The summed E-state index contributed by atoms with van der Waals surface area (Å²) in [5.74, 6) is 0.136. The number of esters is 1. The zero-order valence-electron chi connectivity index (χ0n) is 21.4. The van der Waals surface area contributed by atoms with Gasteiger partial charge in [0, 0.05) is 34.3 Å². The van der Waals surface area contributed by atoms with Crippen LogP contribution in [0.1, 0.15) is 57.6 Å². The van der Waals surface area contributed by atoms with Gasteiger partial charge in [0.25, 0.3) is 0 Å². The summed E-state index contributed by atoms with van der Waals surface area (Å²) in [6.07, 6.45) is 1.13. The van der Waals surface area contributed by atoms with Gasteiger partial charge in [0.2, 0.25) is 0 Å². The van der Waals surface area contributed by atoms with E-state index in [1.165, 1.54) is 0 Å². The molecule has 0 radical (unpaired) electrons. The summed E-state index contributed by atoms with van der Waals surface area (Å²) in [6.45, 7) is 8.39. The first-order valence-electron chi connectivity index (χ1n) is 12.1. The Bertz CT molecular complexity index is 1240. The molecule has 2 aromatic carbocycles. The zero-order valence-corrected chi connectivity index (χ0v) is 22.1. The van der Waals surface area contributed by atoms with Crippen LogP contribution in [0.4, 0.5) is 0 Å². The number of benzene rings is 2. The van der Waals surface area contributed by atoms with Gasteiger partial charge in [0.15, 0.2) is 17.3 Å². The molecular formula is C29H32ClNO5. The van der Waals surface area contributed by atoms with Gasteiger partial charge in [-0.25, -0.2) is 4.79 Å². The van der Waals surface area contributed by atoms with E-state index in [0.717, 1.165) is 23.2 Å². The van der Waals surface area contributed by atoms with Crippen molar-refractivity contribution in [3.8, 4) is 11.5 Å². The number of nitrogens with one attached hydrogen (secondary N) is 1. The van der Waals surface area contributed by atoms with E-state index in [4.69, 9.17) is 25.8 Å². The molecule has 0 bridgehead atoms. The lowest BCUT2D eigenvalue weighted by Gasteiger charge is -2.39. The number of Topliss-reactive ketones (excluding diaryl/α,β-unsaturated/α-hetero) is 1. The van der Waals surface area contributed by atoms with Crippen molar-refractivity contribution in [2.24, 2.45) is 5.41 Å². The van der Waals surface area contributed by atoms with Gasteiger partial charge in [0.05, 0.1) is 19.3 Å². The Hall–Kier alpha value is -3.25. The number of carbonyl (C=O) groups excluding carboxylic acids is 2. The second-order valence-electron chi connectivity index (χ2n) is 9.98. The molecule has 1 N–H and O–H groups in total. The SMILES string of the molecule is CCOC(=O)C1=C(C)NC2=C(C(=O)CC(C)(C)C2)C1c1ccc(OCc2ccc(Cl)cc2)c(OC)c1. The Labute approximate surface area is 217 Å². The molecule has 2 aromatic rings. The van der Waals surface area contributed by atoms with Crippen molar-refractivity contribution in [3.05, 3.63) is 81.2 Å². The van der Waals surface area contributed by atoms with E-state index in [2.05, 4.69) is 19.2 Å². The first kappa shape index (κ1) is 25.8. The number of rotatable bonds is 7. The number of methoxy groups -OCH3 is 1. The van der Waals surface area contributed by atoms with Crippen LogP contribution in [0.25, 0.3) is 0 Å². The maximum atomic E-state index is 13.4. The van der Waals surface area contributed by atoms with Crippen molar-refractivity contribution >= 4 is 23.4 Å². The topological polar surface area (TPSA) is 73.9 Å². The van der Waals surface area contributed by atoms with Crippen molar-refractivity contribution in [1.29, 1.82) is 0 Å². The second-order valence-corrected chi connectivity index (χ2v) is 10.4. The molecule has 0 aromatic heterocycles. The predicted molar refractivity (Wildman–Crippen MR) is 139 cm³/mol. The molecule has 1 aliphatic heterocycles. The molecule has 0 saturated heterocycles. The number of allylic oxidation sites excluding steroid dienone is 3. The lowest BCUT2D eigenvalue weighted by molar-refractivity contribution is -0.138. The predicted octanol–water partition coefficient (Wildman–Crippen LogP) is 6.09. The van der Waals surface area contributed by atoms with Gasteiger partial charge in [-0.15, -0.1) is 0 Å². The molecule has 7 heteroatoms. The number of hydrogen-bond acceptors (Lipinski definition) is 6. The second kappa shape index (κ2) is 10.4. The fraction of sp³-hybridized carbons (Fsp3) is 0.379. The summed E-state index contributed by atoms with van der Waals surface area (Å²) in [5.41, 5.74) is 4.22. The van der Waals surface area contributed by atoms with Gasteiger partial charge in [0.1, 0.15) is 6.61 Å². The van der Waals surface area contributed by atoms with Crippen LogP contribution in [-0.4, -0.2) is 25.5 Å². The highest BCUT2D eigenvalue weighted by atomic mass is 35.5. The highest BCUT2D eigenvalue weighted by Crippen LogP contribution is 2.48. The van der Waals surface area contributed by atoms with E-state index in [9.17, 15) is 9.59 Å². The van der Waals surface area contributed by atoms with Crippen molar-refractivity contribution in [2.75, 3.05) is 13.7 Å². The van der Waals surface area contributed by atoms with Crippen LogP contribution in [0.3, 0.4) is 0 Å². The van der Waals surface area contributed by atoms with Crippen LogP contribution in [-0.2, 0) is 20.9 Å². The van der Waals surface area contributed by atoms with Gasteiger partial charge in [-0.1, -0.05) is 43.6 Å². The van der Waals surface area contributed by atoms with E-state index in [1.807, 2.05) is 49.4 Å². The molecule has 4 rings (SSSR count). The summed E-state index contributed by atoms with van der Waals surface area (Å²) in [5, 5.41) is 4.01. The maximum absolute atomic E-state index is 13.4. The van der Waals surface area contributed by atoms with Crippen LogP contribution >= 0.6 is 11.6 Å². The Kier molecular flexibility index (Phi) is 7.46. The van der Waals surface area contributed by atoms with Crippen LogP contribution in [0.2, 0.25) is 5.02 Å². The standard InChI is InChI=1S/C29H32ClNO5/c1-6-35-28(33)25-17(2)31-21-14-29(3,4)15-22(32)27(21)26(25)19-9-12-23(24(13-19)34-5)36-16-18-7-10-20(30)11-8-18/h7-13,26,31H,6,14-16H2,1-5H3. The smallest absolute Gasteiger partial charge is 0.336 e. The molecule has 6 nitrogen and oxygen atoms in total. The summed E-state index contributed by atoms with van der Waals surface area (Å²) < 4.78 is 17.1. The van der Waals surface area contributed by atoms with Gasteiger partial charge in [-0.2, -0.15) is 0 Å². The molecule has 0 fully saturated rings. The summed E-state index contributed by atoms with van der Waals surface area (Å²) in [6, 6.07) is 13.0. The fourth-order valence-corrected chi connectivity index (χ4v) is 5.10. The van der Waals surface area contributed by atoms with Crippen molar-refractivity contribution in [1.82, 2.24) is 5.32 Å². The average molecular weight is 510 g/mol. The first-order valence-corrected chi connectivity index (χ1v) is 12.5. The first-order chi connectivity index (χ1) is 17.1. The molecule has 1 unspecified atom stereocenters. The molecule has 1 atom stereocenters. The van der Waals surface area contributed by atoms with Gasteiger partial charge >= 0.3 is 5.97 Å². The van der Waals surface area contributed by atoms with Crippen molar-refractivity contribution < 1.29 is 23.8 Å². The molecule has 36 heavy (non-hydrogen) atoms. The molecule has 2 aliphatic rings. The monoisotopic (exact) mass is 509 g/mol. The third-order valence-electron chi connectivity index (χ3n) is 6.56. The number of hydrogen-bond donors (Lipinski definition) is 1. The largest absolute Gasteiger partial charge is 0.493 e. The lowest BCUT2D eigenvalue weighted by atomic mass is 9.68. The number of ether oxygens (including phenoxy) is 3. The van der Waals surface area contributed by atoms with E-state index in [-0.39, 0.29) is 17.8 Å². The average Bonchev–Trinajstić information content (AvgIpc) is 2.82. The van der Waals surface area contributed by atoms with E-state index in [0.29, 0.717) is 46.4 Å². The van der Waals surface area contributed by atoms with E-state index >= 15 is 0 Å². The van der Waals surface area contributed by atoms with Crippen LogP contribution in [0.15, 0.2) is 65.0 Å². The quantitative estimate of drug-likeness (QED) is 0.455. The van der Waals surface area contributed by atoms with Crippen LogP contribution in [0, 0.1) is 5.41 Å². The summed E-state index contributed by atoms with van der Waals surface area (Å²) >= 11 is 5.98. The van der Waals surface area contributed by atoms with Gasteiger partial charge in [-0.05, 0) is 61.1 Å². The summed E-state index contributed by atoms with van der Waals surface area (Å²) in [4.78, 5) is 26.5. The molecule has 0 spiro atoms. The number of carbonyl (C=O) groups is 2. The van der Waals surface area contributed by atoms with E-state index in [1.54, 1.807) is 14.0 Å². The molecule has 0 amide bonds. The van der Waals surface area contributed by atoms with Crippen LogP contribution < -0.4 is 14.8 Å². The minimum absolute atomic E-state index is 0.0371. The van der Waals surface area contributed by atoms with Gasteiger partial charge < -0.3 is 19.5 Å². The highest BCUT2D eigenvalue weighted by Gasteiger charge is 2.43. The molecule has 1 aliphatic carbocycles. The van der Waals surface area contributed by atoms with Crippen LogP contribution in [0.5, 0.6) is 11.5 Å². The Morgan fingerprint density at radius 3 is 2.50 bits per heavy atom. The minimum Gasteiger partial charge on any atom is -0.493 e. The summed E-state index contributed by atoms with van der Waals surface area (Å²) in [7, 11) is 1.57. The van der Waals surface area contributed by atoms with Crippen molar-refractivity contribution in [3.63, 3.8) is 0 Å². The lowest BCUT2D eigenvalue weighted by Crippen LogP contribution is -2.38. The minimum atomic E-state index is -0.553. The number of ketones is 1. The molecular weight excluding hydrogens is 478 g/mol. The zero-order chi connectivity index (χ0) is 26.0. The third-order valence-corrected chi connectivity index (χ3v) is 6.82. The van der Waals surface area contributed by atoms with Crippen molar-refractivity contribution in [2.45, 2.75) is 53.1 Å². The molecule has 1 heterocycles. The van der Waals surface area contributed by atoms with E-state index < -0.39 is 11.9 Å². The molecule has 190 valence electrons. The Morgan fingerprint density at radius 1 is 1.11 bits per heavy atom. The van der Waals surface area contributed by atoms with Gasteiger partial charge in [-0.3, -0.25) is 4.79 Å². The molecule has 0 saturated carbocycles. The third kappa shape index (κ3) is 5.29.